The first-order valence-corrected chi connectivity index (χ1v) is 9.20. The summed E-state index contributed by atoms with van der Waals surface area (Å²) >= 11 is 1.42. The molecule has 0 radical (unpaired) electrons. The molecule has 1 aromatic heterocycles. The van der Waals surface area contributed by atoms with Crippen molar-refractivity contribution in [2.24, 2.45) is 0 Å². The SMILES string of the molecule is Cc1nc(NC(=O)CN(C(=O)COc2ccccc2)C(C)(C)C)sc1C. The zero-order chi connectivity index (χ0) is 19.3. The van der Waals surface area contributed by atoms with Crippen molar-refractivity contribution < 1.29 is 14.3 Å². The highest BCUT2D eigenvalue weighted by Crippen LogP contribution is 2.21. The van der Waals surface area contributed by atoms with E-state index in [1.54, 1.807) is 12.1 Å². The van der Waals surface area contributed by atoms with Gasteiger partial charge in [0.25, 0.3) is 5.91 Å². The summed E-state index contributed by atoms with van der Waals surface area (Å²) in [6, 6.07) is 9.13. The summed E-state index contributed by atoms with van der Waals surface area (Å²) in [7, 11) is 0. The van der Waals surface area contributed by atoms with Crippen LogP contribution in [0.15, 0.2) is 30.3 Å². The minimum atomic E-state index is -0.511. The molecular formula is C19H25N3O3S. The fraction of sp³-hybridized carbons (Fsp3) is 0.421. The number of hydrogen-bond donors (Lipinski definition) is 1. The Morgan fingerprint density at radius 1 is 1.19 bits per heavy atom. The number of thiazole rings is 1. The predicted octanol–water partition coefficient (Wildman–Crippen LogP) is 3.40. The standard InChI is InChI=1S/C19H25N3O3S/c1-13-14(2)26-18(20-13)21-16(23)11-22(19(3,4)5)17(24)12-25-15-9-7-6-8-10-15/h6-10H,11-12H2,1-5H3,(H,20,21,23). The third kappa shape index (κ3) is 5.56. The topological polar surface area (TPSA) is 71.5 Å². The first-order valence-electron chi connectivity index (χ1n) is 8.39. The van der Waals surface area contributed by atoms with E-state index in [0.717, 1.165) is 10.6 Å². The summed E-state index contributed by atoms with van der Waals surface area (Å²) in [5.41, 5.74) is 0.383. The Labute approximate surface area is 158 Å². The molecule has 7 heteroatoms. The zero-order valence-electron chi connectivity index (χ0n) is 15.8. The predicted molar refractivity (Wildman–Crippen MR) is 104 cm³/mol. The van der Waals surface area contributed by atoms with Crippen molar-refractivity contribution in [3.63, 3.8) is 0 Å². The van der Waals surface area contributed by atoms with Gasteiger partial charge in [0, 0.05) is 10.4 Å². The highest BCUT2D eigenvalue weighted by molar-refractivity contribution is 7.15. The quantitative estimate of drug-likeness (QED) is 0.840. The van der Waals surface area contributed by atoms with Gasteiger partial charge in [-0.25, -0.2) is 4.98 Å². The molecule has 6 nitrogen and oxygen atoms in total. The van der Waals surface area contributed by atoms with E-state index in [4.69, 9.17) is 4.74 Å². The summed E-state index contributed by atoms with van der Waals surface area (Å²) in [6.07, 6.45) is 0. The lowest BCUT2D eigenvalue weighted by Gasteiger charge is -2.35. The van der Waals surface area contributed by atoms with Crippen molar-refractivity contribution in [1.82, 2.24) is 9.88 Å². The van der Waals surface area contributed by atoms with Crippen molar-refractivity contribution in [1.29, 1.82) is 0 Å². The number of hydrogen-bond acceptors (Lipinski definition) is 5. The first kappa shape index (κ1) is 19.9. The molecule has 2 aromatic rings. The van der Waals surface area contributed by atoms with Crippen LogP contribution in [0.1, 0.15) is 31.3 Å². The number of rotatable bonds is 6. The molecule has 1 N–H and O–H groups in total. The lowest BCUT2D eigenvalue weighted by molar-refractivity contribution is -0.141. The summed E-state index contributed by atoms with van der Waals surface area (Å²) < 4.78 is 5.53. The molecule has 0 saturated carbocycles. The summed E-state index contributed by atoms with van der Waals surface area (Å²) in [4.78, 5) is 31.9. The molecule has 0 fully saturated rings. The largest absolute Gasteiger partial charge is 0.484 e. The van der Waals surface area contributed by atoms with Crippen LogP contribution >= 0.6 is 11.3 Å². The zero-order valence-corrected chi connectivity index (χ0v) is 16.6. The Morgan fingerprint density at radius 2 is 1.85 bits per heavy atom. The Kier molecular flexibility index (Phi) is 6.37. The monoisotopic (exact) mass is 375 g/mol. The highest BCUT2D eigenvalue weighted by atomic mass is 32.1. The number of nitrogens with one attached hydrogen (secondary N) is 1. The molecule has 2 amide bonds. The average Bonchev–Trinajstić information content (AvgIpc) is 2.88. The van der Waals surface area contributed by atoms with Gasteiger partial charge in [0.15, 0.2) is 11.7 Å². The molecule has 140 valence electrons. The molecule has 0 spiro atoms. The summed E-state index contributed by atoms with van der Waals surface area (Å²) in [6.45, 7) is 9.33. The van der Waals surface area contributed by atoms with Crippen LogP contribution in [0.2, 0.25) is 0 Å². The van der Waals surface area contributed by atoms with Crippen molar-refractivity contribution in [2.75, 3.05) is 18.5 Å². The average molecular weight is 375 g/mol. The van der Waals surface area contributed by atoms with Gasteiger partial charge >= 0.3 is 0 Å². The van der Waals surface area contributed by atoms with Gasteiger partial charge in [-0.3, -0.25) is 9.59 Å². The van der Waals surface area contributed by atoms with Gasteiger partial charge < -0.3 is 15.0 Å². The molecular weight excluding hydrogens is 350 g/mol. The number of carbonyl (C=O) groups excluding carboxylic acids is 2. The van der Waals surface area contributed by atoms with Gasteiger partial charge in [0.2, 0.25) is 5.91 Å². The summed E-state index contributed by atoms with van der Waals surface area (Å²) in [5.74, 6) is 0.0950. The van der Waals surface area contributed by atoms with Crippen LogP contribution in [-0.2, 0) is 9.59 Å². The second-order valence-electron chi connectivity index (χ2n) is 6.96. The van der Waals surface area contributed by atoms with Gasteiger partial charge in [-0.1, -0.05) is 18.2 Å². The lowest BCUT2D eigenvalue weighted by atomic mass is 10.1. The van der Waals surface area contributed by atoms with Gasteiger partial charge in [-0.15, -0.1) is 11.3 Å². The van der Waals surface area contributed by atoms with Crippen LogP contribution in [0.4, 0.5) is 5.13 Å². The fourth-order valence-corrected chi connectivity index (χ4v) is 3.10. The van der Waals surface area contributed by atoms with E-state index in [2.05, 4.69) is 10.3 Å². The number of aryl methyl sites for hydroxylation is 2. The lowest BCUT2D eigenvalue weighted by Crippen LogP contribution is -2.51. The first-order chi connectivity index (χ1) is 12.2. The number of amides is 2. The van der Waals surface area contributed by atoms with E-state index in [0.29, 0.717) is 10.9 Å². The van der Waals surface area contributed by atoms with Crippen LogP contribution in [0.5, 0.6) is 5.75 Å². The molecule has 0 atom stereocenters. The third-order valence-corrected chi connectivity index (χ3v) is 4.78. The molecule has 1 aromatic carbocycles. The van der Waals surface area contributed by atoms with Crippen molar-refractivity contribution in [3.05, 3.63) is 40.9 Å². The van der Waals surface area contributed by atoms with Gasteiger partial charge in [0.1, 0.15) is 12.3 Å². The molecule has 0 aliphatic carbocycles. The number of nitrogens with zero attached hydrogens (tertiary/aromatic N) is 2. The number of carbonyl (C=O) groups is 2. The molecule has 2 rings (SSSR count). The minimum Gasteiger partial charge on any atom is -0.484 e. The van der Waals surface area contributed by atoms with Crippen LogP contribution in [0.25, 0.3) is 0 Å². The third-order valence-electron chi connectivity index (χ3n) is 3.79. The molecule has 0 bridgehead atoms. The van der Waals surface area contributed by atoms with Crippen molar-refractivity contribution in [3.8, 4) is 5.75 Å². The van der Waals surface area contributed by atoms with Gasteiger partial charge in [0.05, 0.1) is 5.69 Å². The molecule has 1 heterocycles. The molecule has 0 saturated heterocycles. The number of ether oxygens (including phenoxy) is 1. The Morgan fingerprint density at radius 3 is 2.38 bits per heavy atom. The Bertz CT molecular complexity index is 747. The summed E-state index contributed by atoms with van der Waals surface area (Å²) in [5, 5.41) is 3.32. The van der Waals surface area contributed by atoms with Gasteiger partial charge in [-0.2, -0.15) is 0 Å². The maximum absolute atomic E-state index is 12.6. The molecule has 0 aliphatic rings. The maximum atomic E-state index is 12.6. The van der Waals surface area contributed by atoms with E-state index in [1.807, 2.05) is 52.8 Å². The van der Waals surface area contributed by atoms with Gasteiger partial charge in [-0.05, 0) is 46.8 Å². The number of aromatic nitrogens is 1. The van der Waals surface area contributed by atoms with Crippen LogP contribution in [0.3, 0.4) is 0 Å². The highest BCUT2D eigenvalue weighted by Gasteiger charge is 2.29. The number of para-hydroxylation sites is 1. The Hall–Kier alpha value is -2.41. The van der Waals surface area contributed by atoms with Crippen LogP contribution in [-0.4, -0.2) is 40.4 Å². The van der Waals surface area contributed by atoms with E-state index in [1.165, 1.54) is 16.2 Å². The minimum absolute atomic E-state index is 0.0574. The fourth-order valence-electron chi connectivity index (χ4n) is 2.27. The Balaban J connectivity index is 1.99. The maximum Gasteiger partial charge on any atom is 0.261 e. The van der Waals surface area contributed by atoms with Crippen LogP contribution in [0, 0.1) is 13.8 Å². The van der Waals surface area contributed by atoms with Crippen LogP contribution < -0.4 is 10.1 Å². The van der Waals surface area contributed by atoms with E-state index >= 15 is 0 Å². The van der Waals surface area contributed by atoms with Crippen molar-refractivity contribution in [2.45, 2.75) is 40.2 Å². The normalized spacial score (nSPS) is 11.1. The van der Waals surface area contributed by atoms with E-state index < -0.39 is 5.54 Å². The van der Waals surface area contributed by atoms with E-state index in [-0.39, 0.29) is 25.0 Å². The smallest absolute Gasteiger partial charge is 0.261 e. The molecule has 0 unspecified atom stereocenters. The second kappa shape index (κ2) is 8.31. The molecule has 0 aliphatic heterocycles. The van der Waals surface area contributed by atoms with Crippen molar-refractivity contribution >= 4 is 28.3 Å². The van der Waals surface area contributed by atoms with E-state index in [9.17, 15) is 9.59 Å². The second-order valence-corrected chi connectivity index (χ2v) is 8.16. The number of benzene rings is 1. The molecule has 26 heavy (non-hydrogen) atoms. The number of anilines is 1.